The predicted molar refractivity (Wildman–Crippen MR) is 95.8 cm³/mol. The Balaban J connectivity index is 1.40. The summed E-state index contributed by atoms with van der Waals surface area (Å²) in [5.74, 6) is 0.336. The van der Waals surface area contributed by atoms with Crippen molar-refractivity contribution < 1.29 is 9.53 Å². The summed E-state index contributed by atoms with van der Waals surface area (Å²) in [6.07, 6.45) is 1.42. The number of pyridine rings is 1. The molecule has 0 spiro atoms. The van der Waals surface area contributed by atoms with Gasteiger partial charge in [0.05, 0.1) is 29.6 Å². The lowest BCUT2D eigenvalue weighted by atomic mass is 10.1. The Bertz CT molecular complexity index is 983. The van der Waals surface area contributed by atoms with E-state index in [9.17, 15) is 4.79 Å². The molecule has 1 aliphatic heterocycles. The van der Waals surface area contributed by atoms with Crippen LogP contribution in [0.5, 0.6) is 5.88 Å². The number of ether oxygens (including phenoxy) is 1. The highest BCUT2D eigenvalue weighted by Gasteiger charge is 2.34. The van der Waals surface area contributed by atoms with Gasteiger partial charge in [0.15, 0.2) is 0 Å². The molecule has 1 aliphatic rings. The van der Waals surface area contributed by atoms with Crippen LogP contribution >= 0.6 is 11.3 Å². The minimum Gasteiger partial charge on any atom is -0.471 e. The highest BCUT2D eigenvalue weighted by Crippen LogP contribution is 2.25. The highest BCUT2D eigenvalue weighted by molar-refractivity contribution is 7.13. The summed E-state index contributed by atoms with van der Waals surface area (Å²) >= 11 is 1.59. The van der Waals surface area contributed by atoms with Crippen molar-refractivity contribution in [3.8, 4) is 22.5 Å². The van der Waals surface area contributed by atoms with Crippen LogP contribution in [0.2, 0.25) is 0 Å². The number of aromatic nitrogens is 3. The summed E-state index contributed by atoms with van der Waals surface area (Å²) in [6.45, 7) is 0.966. The molecule has 1 amide bonds. The molecule has 26 heavy (non-hydrogen) atoms. The van der Waals surface area contributed by atoms with Crippen LogP contribution in [0.4, 0.5) is 0 Å². The molecule has 0 unspecified atom stereocenters. The van der Waals surface area contributed by atoms with Gasteiger partial charge in [-0.05, 0) is 23.6 Å². The van der Waals surface area contributed by atoms with Gasteiger partial charge >= 0.3 is 0 Å². The van der Waals surface area contributed by atoms with Gasteiger partial charge in [0.2, 0.25) is 5.88 Å². The number of rotatable bonds is 4. The van der Waals surface area contributed by atoms with Crippen LogP contribution in [-0.4, -0.2) is 44.8 Å². The minimum atomic E-state index is -0.120. The zero-order valence-corrected chi connectivity index (χ0v) is 14.8. The third-order valence-electron chi connectivity index (χ3n) is 4.16. The third kappa shape index (κ3) is 3.05. The van der Waals surface area contributed by atoms with Gasteiger partial charge in [0.25, 0.3) is 5.91 Å². The van der Waals surface area contributed by atoms with E-state index >= 15 is 0 Å². The molecule has 0 aliphatic carbocycles. The number of nitrogens with zero attached hydrogens (tertiary/aromatic N) is 5. The van der Waals surface area contributed by atoms with Crippen molar-refractivity contribution >= 4 is 17.2 Å². The number of carbonyl (C=O) groups is 1. The molecule has 8 heteroatoms. The van der Waals surface area contributed by atoms with E-state index in [0.717, 1.165) is 10.6 Å². The Kier molecular flexibility index (Phi) is 4.14. The predicted octanol–water partition coefficient (Wildman–Crippen LogP) is 2.32. The summed E-state index contributed by atoms with van der Waals surface area (Å²) in [5, 5.41) is 15.3. The van der Waals surface area contributed by atoms with E-state index in [4.69, 9.17) is 10.00 Å². The molecule has 0 aromatic carbocycles. The lowest BCUT2D eigenvalue weighted by Gasteiger charge is -2.38. The van der Waals surface area contributed by atoms with Gasteiger partial charge in [-0.25, -0.2) is 4.98 Å². The van der Waals surface area contributed by atoms with Crippen LogP contribution in [0, 0.1) is 11.3 Å². The van der Waals surface area contributed by atoms with Crippen molar-refractivity contribution in [1.82, 2.24) is 19.7 Å². The molecule has 1 saturated heterocycles. The quantitative estimate of drug-likeness (QED) is 0.708. The van der Waals surface area contributed by atoms with Crippen molar-refractivity contribution in [3.63, 3.8) is 0 Å². The highest BCUT2D eigenvalue weighted by atomic mass is 32.1. The zero-order chi connectivity index (χ0) is 18.1. The van der Waals surface area contributed by atoms with E-state index in [0.29, 0.717) is 30.2 Å². The van der Waals surface area contributed by atoms with Gasteiger partial charge in [-0.2, -0.15) is 10.4 Å². The molecular formula is C18H15N5O2S. The number of hydrogen-bond acceptors (Lipinski definition) is 6. The number of hydrogen-bond donors (Lipinski definition) is 0. The maximum atomic E-state index is 12.7. The van der Waals surface area contributed by atoms with Crippen LogP contribution in [-0.2, 0) is 7.05 Å². The lowest BCUT2D eigenvalue weighted by Crippen LogP contribution is -2.56. The van der Waals surface area contributed by atoms with E-state index in [2.05, 4.69) is 16.2 Å². The number of aryl methyl sites for hydroxylation is 1. The topological polar surface area (TPSA) is 84.0 Å². The molecule has 4 rings (SSSR count). The molecule has 3 aromatic rings. The first-order valence-corrected chi connectivity index (χ1v) is 8.92. The summed E-state index contributed by atoms with van der Waals surface area (Å²) in [5.41, 5.74) is 1.85. The Morgan fingerprint density at radius 1 is 1.38 bits per heavy atom. The van der Waals surface area contributed by atoms with Crippen LogP contribution in [0.1, 0.15) is 16.1 Å². The molecule has 0 saturated carbocycles. The lowest BCUT2D eigenvalue weighted by molar-refractivity contribution is 0.0152. The Labute approximate surface area is 154 Å². The Morgan fingerprint density at radius 2 is 2.23 bits per heavy atom. The average Bonchev–Trinajstić information content (AvgIpc) is 3.27. The third-order valence-corrected chi connectivity index (χ3v) is 5.05. The van der Waals surface area contributed by atoms with Gasteiger partial charge in [-0.1, -0.05) is 6.07 Å². The van der Waals surface area contributed by atoms with Crippen LogP contribution in [0.25, 0.3) is 10.6 Å². The fraction of sp³-hybridized carbons (Fsp3) is 0.222. The second-order valence-corrected chi connectivity index (χ2v) is 6.91. The number of likely N-dealkylation sites (tertiary alicyclic amines) is 1. The molecule has 0 radical (unpaired) electrons. The van der Waals surface area contributed by atoms with Gasteiger partial charge in [-0.3, -0.25) is 9.48 Å². The molecule has 0 bridgehead atoms. The smallest absolute Gasteiger partial charge is 0.272 e. The van der Waals surface area contributed by atoms with Gasteiger partial charge < -0.3 is 9.64 Å². The second kappa shape index (κ2) is 6.61. The van der Waals surface area contributed by atoms with E-state index in [1.54, 1.807) is 40.1 Å². The van der Waals surface area contributed by atoms with Crippen molar-refractivity contribution in [2.24, 2.45) is 7.05 Å². The molecule has 7 nitrogen and oxygen atoms in total. The monoisotopic (exact) mass is 365 g/mol. The van der Waals surface area contributed by atoms with Crippen molar-refractivity contribution in [1.29, 1.82) is 5.26 Å². The minimum absolute atomic E-state index is 0.0682. The molecule has 4 heterocycles. The molecule has 1 fully saturated rings. The number of nitriles is 1. The number of amides is 1. The summed E-state index contributed by atoms with van der Waals surface area (Å²) in [4.78, 5) is 19.5. The molecule has 130 valence electrons. The van der Waals surface area contributed by atoms with Crippen LogP contribution < -0.4 is 4.74 Å². The average molecular weight is 365 g/mol. The number of carbonyl (C=O) groups excluding carboxylic acids is 1. The van der Waals surface area contributed by atoms with E-state index in [1.807, 2.05) is 23.6 Å². The van der Waals surface area contributed by atoms with Crippen LogP contribution in [0.15, 0.2) is 41.9 Å². The molecule has 0 N–H and O–H groups in total. The maximum absolute atomic E-state index is 12.7. The first-order valence-electron chi connectivity index (χ1n) is 8.04. The normalized spacial score (nSPS) is 13.9. The molecular weight excluding hydrogens is 350 g/mol. The Hall–Kier alpha value is -3.18. The van der Waals surface area contributed by atoms with Gasteiger partial charge in [0.1, 0.15) is 17.5 Å². The molecule has 0 atom stereocenters. The van der Waals surface area contributed by atoms with Crippen LogP contribution in [0.3, 0.4) is 0 Å². The largest absolute Gasteiger partial charge is 0.471 e. The fourth-order valence-electron chi connectivity index (χ4n) is 2.77. The van der Waals surface area contributed by atoms with E-state index in [1.165, 1.54) is 6.20 Å². The second-order valence-electron chi connectivity index (χ2n) is 5.96. The fourth-order valence-corrected chi connectivity index (χ4v) is 3.45. The summed E-state index contributed by atoms with van der Waals surface area (Å²) in [6, 6.07) is 11.0. The van der Waals surface area contributed by atoms with Crippen molar-refractivity contribution in [2.75, 3.05) is 13.1 Å². The SMILES string of the molecule is Cn1nc(-c2cccs2)cc1C(=O)N1CC(Oc2cc(C#N)ccn2)C1. The van der Waals surface area contributed by atoms with E-state index in [-0.39, 0.29) is 12.0 Å². The summed E-state index contributed by atoms with van der Waals surface area (Å²) < 4.78 is 7.34. The van der Waals surface area contributed by atoms with Crippen molar-refractivity contribution in [3.05, 3.63) is 53.2 Å². The molecule has 3 aromatic heterocycles. The van der Waals surface area contributed by atoms with Gasteiger partial charge in [0, 0.05) is 19.3 Å². The summed E-state index contributed by atoms with van der Waals surface area (Å²) in [7, 11) is 1.77. The van der Waals surface area contributed by atoms with E-state index < -0.39 is 0 Å². The number of thiophene rings is 1. The Morgan fingerprint density at radius 3 is 2.96 bits per heavy atom. The van der Waals surface area contributed by atoms with Crippen molar-refractivity contribution in [2.45, 2.75) is 6.10 Å². The van der Waals surface area contributed by atoms with Gasteiger partial charge in [-0.15, -0.1) is 11.3 Å². The first-order chi connectivity index (χ1) is 12.6. The zero-order valence-electron chi connectivity index (χ0n) is 14.0. The first kappa shape index (κ1) is 16.3. The maximum Gasteiger partial charge on any atom is 0.272 e. The standard InChI is InChI=1S/C18H15N5O2S/c1-22-15(8-14(21-22)16-3-2-6-26-16)18(24)23-10-13(11-23)25-17-7-12(9-19)4-5-20-17/h2-8,13H,10-11H2,1H3.